The zero-order valence-corrected chi connectivity index (χ0v) is 20.4. The molecule has 1 N–H and O–H groups in total. The molecule has 0 aliphatic carbocycles. The molecule has 1 heterocycles. The molecule has 0 fully saturated rings. The van der Waals surface area contributed by atoms with E-state index < -0.39 is 18.6 Å². The molecule has 0 bridgehead atoms. The Labute approximate surface area is 213 Å². The van der Waals surface area contributed by atoms with E-state index in [9.17, 15) is 14.7 Å². The lowest BCUT2D eigenvalue weighted by molar-refractivity contribution is -0.138. The summed E-state index contributed by atoms with van der Waals surface area (Å²) in [5.74, 6) is 0.346. The number of hydrogen-bond acceptors (Lipinski definition) is 7. The van der Waals surface area contributed by atoms with Gasteiger partial charge in [0.15, 0.2) is 0 Å². The van der Waals surface area contributed by atoms with Crippen LogP contribution in [-0.4, -0.2) is 50.7 Å². The normalized spacial score (nSPS) is 10.5. The number of nitrogens with zero attached hydrogens (tertiary/aromatic N) is 4. The van der Waals surface area contributed by atoms with Gasteiger partial charge in [0.25, 0.3) is 0 Å². The zero-order chi connectivity index (χ0) is 26.2. The molecule has 0 aliphatic heterocycles. The Morgan fingerprint density at radius 1 is 0.892 bits per heavy atom. The van der Waals surface area contributed by atoms with Crippen LogP contribution < -0.4 is 14.2 Å². The van der Waals surface area contributed by atoms with Crippen molar-refractivity contribution in [2.75, 3.05) is 13.7 Å². The molecule has 0 atom stereocenters. The Bertz CT molecular complexity index is 1340. The minimum absolute atomic E-state index is 0.0477. The quantitative estimate of drug-likeness (QED) is 0.342. The van der Waals surface area contributed by atoms with Gasteiger partial charge in [0, 0.05) is 6.54 Å². The van der Waals surface area contributed by atoms with Crippen LogP contribution >= 0.6 is 0 Å². The first kappa shape index (κ1) is 25.2. The van der Waals surface area contributed by atoms with E-state index in [0.717, 1.165) is 16.3 Å². The number of methoxy groups -OCH3 is 1. The Balaban J connectivity index is 1.37. The lowest BCUT2D eigenvalue weighted by atomic mass is 10.2. The Kier molecular flexibility index (Phi) is 7.99. The van der Waals surface area contributed by atoms with Crippen LogP contribution in [0.4, 0.5) is 4.79 Å². The molecule has 4 aromatic rings. The van der Waals surface area contributed by atoms with Crippen molar-refractivity contribution in [3.63, 3.8) is 0 Å². The number of aryl methyl sites for hydroxylation is 1. The number of carbonyl (C=O) groups is 2. The first-order valence-corrected chi connectivity index (χ1v) is 11.4. The van der Waals surface area contributed by atoms with Gasteiger partial charge >= 0.3 is 12.1 Å². The first-order chi connectivity index (χ1) is 17.9. The van der Waals surface area contributed by atoms with Crippen molar-refractivity contribution in [3.05, 3.63) is 95.8 Å². The largest absolute Gasteiger partial charge is 0.497 e. The molecule has 4 rings (SSSR count). The SMILES string of the molecule is COc1ccc(OC(=O)N(CC(=O)O)Cc2ccc(OCc3nn(-c4ccccc4)nc3C)cc2)cc1. The minimum atomic E-state index is -1.15. The molecule has 0 aliphatic rings. The fourth-order valence-electron chi connectivity index (χ4n) is 3.44. The van der Waals surface area contributed by atoms with Crippen LogP contribution in [-0.2, 0) is 17.9 Å². The van der Waals surface area contributed by atoms with E-state index in [-0.39, 0.29) is 18.9 Å². The van der Waals surface area contributed by atoms with Gasteiger partial charge in [0.05, 0.1) is 18.5 Å². The number of carboxylic acids is 1. The highest BCUT2D eigenvalue weighted by molar-refractivity contribution is 5.78. The second kappa shape index (κ2) is 11.7. The van der Waals surface area contributed by atoms with Gasteiger partial charge in [-0.05, 0) is 61.0 Å². The number of carboxylic acid groups (broad SMARTS) is 1. The molecular weight excluding hydrogens is 476 g/mol. The standard InChI is InChI=1S/C27H26N4O6/c1-19-25(29-31(28-19)21-6-4-3-5-7-21)18-36-23-10-8-20(9-11-23)16-30(17-26(32)33)27(34)37-24-14-12-22(35-2)13-15-24/h3-15H,16-18H2,1-2H3,(H,32,33). The number of para-hydroxylation sites is 1. The number of benzene rings is 3. The van der Waals surface area contributed by atoms with Crippen LogP contribution in [0.25, 0.3) is 5.69 Å². The van der Waals surface area contributed by atoms with E-state index in [4.69, 9.17) is 14.2 Å². The van der Waals surface area contributed by atoms with Crippen LogP contribution in [0.3, 0.4) is 0 Å². The van der Waals surface area contributed by atoms with Gasteiger partial charge in [-0.15, -0.1) is 5.10 Å². The molecular formula is C27H26N4O6. The molecule has 10 heteroatoms. The smallest absolute Gasteiger partial charge is 0.416 e. The third kappa shape index (κ3) is 6.85. The van der Waals surface area contributed by atoms with Crippen LogP contribution in [0.5, 0.6) is 17.2 Å². The van der Waals surface area contributed by atoms with E-state index in [1.54, 1.807) is 53.3 Å². The second-order valence-electron chi connectivity index (χ2n) is 8.08. The van der Waals surface area contributed by atoms with Crippen LogP contribution in [0.1, 0.15) is 17.0 Å². The van der Waals surface area contributed by atoms with Crippen molar-refractivity contribution in [2.45, 2.75) is 20.1 Å². The molecule has 0 unspecified atom stereocenters. The number of carbonyl (C=O) groups excluding carboxylic acids is 1. The predicted octanol–water partition coefficient (Wildman–Crippen LogP) is 4.25. The number of ether oxygens (including phenoxy) is 3. The summed E-state index contributed by atoms with van der Waals surface area (Å²) < 4.78 is 16.3. The van der Waals surface area contributed by atoms with Crippen molar-refractivity contribution in [1.82, 2.24) is 19.9 Å². The van der Waals surface area contributed by atoms with E-state index >= 15 is 0 Å². The number of aromatic nitrogens is 3. The topological polar surface area (TPSA) is 116 Å². The molecule has 1 aromatic heterocycles. The summed E-state index contributed by atoms with van der Waals surface area (Å²) in [5.41, 5.74) is 3.05. The average molecular weight is 503 g/mol. The van der Waals surface area contributed by atoms with Gasteiger partial charge in [-0.1, -0.05) is 30.3 Å². The third-order valence-electron chi connectivity index (χ3n) is 5.39. The fourth-order valence-corrected chi connectivity index (χ4v) is 3.44. The summed E-state index contributed by atoms with van der Waals surface area (Å²) in [6.07, 6.45) is -0.773. The highest BCUT2D eigenvalue weighted by atomic mass is 16.6. The second-order valence-corrected chi connectivity index (χ2v) is 8.08. The first-order valence-electron chi connectivity index (χ1n) is 11.4. The van der Waals surface area contributed by atoms with E-state index in [1.807, 2.05) is 37.3 Å². The highest BCUT2D eigenvalue weighted by Crippen LogP contribution is 2.20. The highest BCUT2D eigenvalue weighted by Gasteiger charge is 2.20. The minimum Gasteiger partial charge on any atom is -0.497 e. The van der Waals surface area contributed by atoms with Gasteiger partial charge in [0.2, 0.25) is 0 Å². The van der Waals surface area contributed by atoms with E-state index in [2.05, 4.69) is 10.2 Å². The third-order valence-corrected chi connectivity index (χ3v) is 5.39. The number of amides is 1. The summed E-state index contributed by atoms with van der Waals surface area (Å²) in [4.78, 5) is 26.6. The lowest BCUT2D eigenvalue weighted by Gasteiger charge is -2.20. The number of aliphatic carboxylic acids is 1. The maximum absolute atomic E-state index is 12.6. The summed E-state index contributed by atoms with van der Waals surface area (Å²) in [6.45, 7) is 1.64. The molecule has 0 spiro atoms. The van der Waals surface area contributed by atoms with Crippen LogP contribution in [0, 0.1) is 6.92 Å². The van der Waals surface area contributed by atoms with Crippen molar-refractivity contribution >= 4 is 12.1 Å². The van der Waals surface area contributed by atoms with Gasteiger partial charge in [-0.25, -0.2) is 4.79 Å². The molecule has 37 heavy (non-hydrogen) atoms. The Morgan fingerprint density at radius 3 is 2.19 bits per heavy atom. The van der Waals surface area contributed by atoms with Crippen molar-refractivity contribution < 1.29 is 28.9 Å². The summed E-state index contributed by atoms with van der Waals surface area (Å²) in [5, 5.41) is 18.2. The fraction of sp³-hybridized carbons (Fsp3) is 0.185. The summed E-state index contributed by atoms with van der Waals surface area (Å²) >= 11 is 0. The van der Waals surface area contributed by atoms with E-state index in [0.29, 0.717) is 22.8 Å². The van der Waals surface area contributed by atoms with Gasteiger partial charge < -0.3 is 19.3 Å². The van der Waals surface area contributed by atoms with Crippen molar-refractivity contribution in [2.24, 2.45) is 0 Å². The molecule has 10 nitrogen and oxygen atoms in total. The van der Waals surface area contributed by atoms with Crippen LogP contribution in [0.15, 0.2) is 78.9 Å². The average Bonchev–Trinajstić information content (AvgIpc) is 3.29. The molecule has 0 saturated carbocycles. The summed E-state index contributed by atoms with van der Waals surface area (Å²) in [7, 11) is 1.53. The van der Waals surface area contributed by atoms with Gasteiger partial charge in [0.1, 0.15) is 36.1 Å². The molecule has 190 valence electrons. The van der Waals surface area contributed by atoms with E-state index in [1.165, 1.54) is 7.11 Å². The molecule has 0 saturated heterocycles. The van der Waals surface area contributed by atoms with Crippen molar-refractivity contribution in [3.8, 4) is 22.9 Å². The van der Waals surface area contributed by atoms with Gasteiger partial charge in [-0.3, -0.25) is 9.69 Å². The molecule has 0 radical (unpaired) electrons. The Hall–Kier alpha value is -4.86. The van der Waals surface area contributed by atoms with Crippen molar-refractivity contribution in [1.29, 1.82) is 0 Å². The molecule has 1 amide bonds. The number of hydrogen-bond donors (Lipinski definition) is 1. The lowest BCUT2D eigenvalue weighted by Crippen LogP contribution is -2.37. The zero-order valence-electron chi connectivity index (χ0n) is 20.4. The predicted molar refractivity (Wildman–Crippen MR) is 134 cm³/mol. The molecule has 3 aromatic carbocycles. The monoisotopic (exact) mass is 502 g/mol. The summed E-state index contributed by atoms with van der Waals surface area (Å²) in [6, 6.07) is 23.1. The maximum Gasteiger partial charge on any atom is 0.416 e. The number of rotatable bonds is 10. The van der Waals surface area contributed by atoms with Crippen LogP contribution in [0.2, 0.25) is 0 Å². The maximum atomic E-state index is 12.6. The van der Waals surface area contributed by atoms with Gasteiger partial charge in [-0.2, -0.15) is 9.90 Å². The Morgan fingerprint density at radius 2 is 1.54 bits per heavy atom.